The van der Waals surface area contributed by atoms with Gasteiger partial charge in [0.1, 0.15) is 0 Å². The third kappa shape index (κ3) is 14.8. The van der Waals surface area contributed by atoms with Crippen molar-refractivity contribution in [1.82, 2.24) is 0 Å². The summed E-state index contributed by atoms with van der Waals surface area (Å²) in [6.45, 7) is 4.41. The van der Waals surface area contributed by atoms with Crippen LogP contribution in [0.5, 0.6) is 0 Å². The Labute approximate surface area is 194 Å². The fraction of sp³-hybridized carbons (Fsp3) is 0.895. The topological polar surface area (TPSA) is 96.0 Å². The summed E-state index contributed by atoms with van der Waals surface area (Å²) in [5.74, 6) is -1.75. The predicted octanol–water partition coefficient (Wildman–Crippen LogP) is 0.865. The Bertz CT molecular complexity index is 515. The van der Waals surface area contributed by atoms with Gasteiger partial charge in [-0.1, -0.05) is 65.2 Å². The summed E-state index contributed by atoms with van der Waals surface area (Å²) in [7, 11) is -3.16. The zero-order valence-electron chi connectivity index (χ0n) is 19.0. The number of unbranched alkanes of at least 4 members (excludes halogenated alkanes) is 8. The van der Waals surface area contributed by atoms with E-state index >= 15 is 0 Å². The van der Waals surface area contributed by atoms with E-state index in [2.05, 4.69) is 18.6 Å². The van der Waals surface area contributed by atoms with E-state index in [-0.39, 0.29) is 44.2 Å². The molecule has 0 bridgehead atoms. The molecule has 0 saturated heterocycles. The largest absolute Gasteiger partial charge is 1.00 e. The Morgan fingerprint density at radius 2 is 1.36 bits per heavy atom. The van der Waals surface area contributed by atoms with Crippen molar-refractivity contribution in [3.8, 4) is 0 Å². The third-order valence-electron chi connectivity index (χ3n) is 4.17. The average molecular weight is 433 g/mol. The summed E-state index contributed by atoms with van der Waals surface area (Å²) in [5.41, 5.74) is 0. The van der Waals surface area contributed by atoms with Crippen LogP contribution in [0.15, 0.2) is 0 Å². The first-order valence-electron chi connectivity index (χ1n) is 10.0. The van der Waals surface area contributed by atoms with E-state index in [9.17, 15) is 18.0 Å². The van der Waals surface area contributed by atoms with Crippen molar-refractivity contribution in [2.75, 3.05) is 20.3 Å². The summed E-state index contributed by atoms with van der Waals surface area (Å²) >= 11 is 0. The van der Waals surface area contributed by atoms with E-state index in [1.165, 1.54) is 0 Å². The Kier molecular flexibility index (Phi) is 20.2. The van der Waals surface area contributed by atoms with Gasteiger partial charge in [-0.3, -0.25) is 13.8 Å². The standard InChI is InChI=1S/C19H36O7S.Na.H/c1-4-6-8-10-12-14-25-18(20)16-17(19(21)24-3)27(22,23)26-15-13-11-9-7-5-2;;/h17H,4-16H2,1-3H3;;/q;+1;-1. The van der Waals surface area contributed by atoms with E-state index in [1.807, 2.05) is 0 Å². The average Bonchev–Trinajstić information content (AvgIpc) is 2.64. The molecule has 162 valence electrons. The molecule has 0 spiro atoms. The van der Waals surface area contributed by atoms with Crippen LogP contribution < -0.4 is 29.6 Å². The molecule has 0 aromatic rings. The Morgan fingerprint density at radius 1 is 0.857 bits per heavy atom. The number of esters is 2. The van der Waals surface area contributed by atoms with Crippen LogP contribution in [0, 0.1) is 0 Å². The van der Waals surface area contributed by atoms with Gasteiger partial charge in [0.05, 0.1) is 26.7 Å². The van der Waals surface area contributed by atoms with Gasteiger partial charge in [-0.25, -0.2) is 0 Å². The van der Waals surface area contributed by atoms with Gasteiger partial charge in [0.15, 0.2) is 5.25 Å². The summed E-state index contributed by atoms with van der Waals surface area (Å²) in [5, 5.41) is -1.69. The van der Waals surface area contributed by atoms with Gasteiger partial charge in [0.2, 0.25) is 0 Å². The van der Waals surface area contributed by atoms with Gasteiger partial charge in [0.25, 0.3) is 10.1 Å². The van der Waals surface area contributed by atoms with E-state index < -0.39 is 33.7 Å². The molecule has 0 rings (SSSR count). The Hall–Kier alpha value is -0.150. The molecule has 0 aliphatic heterocycles. The number of carbonyl (C=O) groups excluding carboxylic acids is 2. The van der Waals surface area contributed by atoms with Crippen molar-refractivity contribution in [3.63, 3.8) is 0 Å². The molecule has 7 nitrogen and oxygen atoms in total. The summed E-state index contributed by atoms with van der Waals surface area (Å²) < 4.78 is 39.0. The van der Waals surface area contributed by atoms with Gasteiger partial charge >= 0.3 is 41.5 Å². The maximum atomic E-state index is 12.3. The maximum absolute atomic E-state index is 12.3. The molecule has 0 aliphatic carbocycles. The van der Waals surface area contributed by atoms with Gasteiger partial charge < -0.3 is 10.9 Å². The van der Waals surface area contributed by atoms with Crippen molar-refractivity contribution >= 4 is 22.1 Å². The van der Waals surface area contributed by atoms with Crippen LogP contribution >= 0.6 is 0 Å². The number of hydrogen-bond acceptors (Lipinski definition) is 7. The van der Waals surface area contributed by atoms with E-state index in [0.717, 1.165) is 64.9 Å². The summed E-state index contributed by atoms with van der Waals surface area (Å²) in [6.07, 6.45) is 9.00. The maximum Gasteiger partial charge on any atom is 1.00 e. The van der Waals surface area contributed by atoms with Gasteiger partial charge in [0, 0.05) is 0 Å². The second kappa shape index (κ2) is 18.9. The zero-order valence-corrected chi connectivity index (χ0v) is 20.9. The molecule has 0 aliphatic rings. The fourth-order valence-corrected chi connectivity index (χ4v) is 3.69. The molecule has 0 aromatic carbocycles. The molecule has 28 heavy (non-hydrogen) atoms. The zero-order chi connectivity index (χ0) is 20.5. The second-order valence-corrected chi connectivity index (χ2v) is 8.37. The minimum atomic E-state index is -4.24. The number of carbonyl (C=O) groups is 2. The van der Waals surface area contributed by atoms with Crippen molar-refractivity contribution in [2.24, 2.45) is 0 Å². The van der Waals surface area contributed by atoms with Crippen LogP contribution in [0.3, 0.4) is 0 Å². The molecule has 0 saturated carbocycles. The van der Waals surface area contributed by atoms with E-state index in [4.69, 9.17) is 8.92 Å². The number of hydrogen-bond donors (Lipinski definition) is 0. The molecule has 0 radical (unpaired) electrons. The predicted molar refractivity (Wildman–Crippen MR) is 105 cm³/mol. The quantitative estimate of drug-likeness (QED) is 0.146. The minimum Gasteiger partial charge on any atom is -1.00 e. The molecule has 0 N–H and O–H groups in total. The van der Waals surface area contributed by atoms with Crippen LogP contribution in [0.2, 0.25) is 0 Å². The van der Waals surface area contributed by atoms with Crippen molar-refractivity contribution < 1.29 is 62.6 Å². The number of rotatable bonds is 17. The van der Waals surface area contributed by atoms with Gasteiger partial charge in [-0.05, 0) is 12.8 Å². The van der Waals surface area contributed by atoms with Crippen LogP contribution in [-0.2, 0) is 33.4 Å². The first-order valence-corrected chi connectivity index (χ1v) is 11.5. The van der Waals surface area contributed by atoms with Crippen molar-refractivity contribution in [2.45, 2.75) is 89.7 Å². The normalized spacial score (nSPS) is 12.1. The molecule has 0 fully saturated rings. The first kappa shape index (κ1) is 30.0. The second-order valence-electron chi connectivity index (χ2n) is 6.58. The van der Waals surface area contributed by atoms with Crippen molar-refractivity contribution in [3.05, 3.63) is 0 Å². The molecule has 0 aromatic heterocycles. The van der Waals surface area contributed by atoms with E-state index in [1.54, 1.807) is 0 Å². The summed E-state index contributed by atoms with van der Waals surface area (Å²) in [4.78, 5) is 23.7. The SMILES string of the molecule is CCCCCCCOC(=O)CC(C(=O)OC)S(=O)(=O)OCCCCCCC.[H-].[Na+]. The van der Waals surface area contributed by atoms with Crippen LogP contribution in [0.1, 0.15) is 85.9 Å². The van der Waals surface area contributed by atoms with Crippen LogP contribution in [0.4, 0.5) is 0 Å². The molecular weight excluding hydrogens is 395 g/mol. The molecule has 1 atom stereocenters. The molecule has 1 unspecified atom stereocenters. The Balaban J connectivity index is -0.00000338. The smallest absolute Gasteiger partial charge is 1.00 e. The van der Waals surface area contributed by atoms with Crippen molar-refractivity contribution in [1.29, 1.82) is 0 Å². The first-order chi connectivity index (χ1) is 12.9. The van der Waals surface area contributed by atoms with Crippen LogP contribution in [0.25, 0.3) is 0 Å². The number of methoxy groups -OCH3 is 1. The van der Waals surface area contributed by atoms with E-state index in [0.29, 0.717) is 6.42 Å². The summed E-state index contributed by atoms with van der Waals surface area (Å²) in [6, 6.07) is 0. The third-order valence-corrected chi connectivity index (χ3v) is 5.72. The molecular formula is C19H37NaO7S. The molecule has 0 heterocycles. The minimum absolute atomic E-state index is 0. The van der Waals surface area contributed by atoms with Gasteiger partial charge in [-0.2, -0.15) is 8.42 Å². The fourth-order valence-electron chi connectivity index (χ4n) is 2.50. The van der Waals surface area contributed by atoms with Crippen LogP contribution in [-0.4, -0.2) is 45.9 Å². The molecule has 0 amide bonds. The number of ether oxygens (including phenoxy) is 2. The Morgan fingerprint density at radius 3 is 1.86 bits per heavy atom. The van der Waals surface area contributed by atoms with Gasteiger partial charge in [-0.15, -0.1) is 0 Å². The monoisotopic (exact) mass is 432 g/mol. The molecule has 9 heteroatoms.